The van der Waals surface area contributed by atoms with E-state index < -0.39 is 10.0 Å². The van der Waals surface area contributed by atoms with Crippen LogP contribution in [0.4, 0.5) is 0 Å². The Kier molecular flexibility index (Phi) is 7.72. The summed E-state index contributed by atoms with van der Waals surface area (Å²) >= 11 is 0. The Labute approximate surface area is 223 Å². The van der Waals surface area contributed by atoms with Crippen molar-refractivity contribution in [3.63, 3.8) is 0 Å². The maximum atomic E-state index is 13.4. The van der Waals surface area contributed by atoms with Crippen LogP contribution in [0.3, 0.4) is 0 Å². The van der Waals surface area contributed by atoms with Gasteiger partial charge in [-0.3, -0.25) is 4.79 Å². The van der Waals surface area contributed by atoms with Crippen LogP contribution in [0.1, 0.15) is 44.1 Å². The van der Waals surface area contributed by atoms with Gasteiger partial charge in [-0.1, -0.05) is 36.8 Å². The standard InChI is InChI=1S/C29H31N5O3S/c30-21-24(29(35)32-15-6-2-7-16-32)19-25-22-34(26-12-4-1-5-13-26)31-28(25)23-11-10-14-27(20-23)38(36,37)33-17-8-3-9-18-33/h1,4-5,10-14,19-20,22H,2-3,6-9,15-18H2/b24-19-. The molecule has 2 aliphatic heterocycles. The maximum absolute atomic E-state index is 13.4. The molecule has 1 aromatic heterocycles. The molecule has 0 aliphatic carbocycles. The molecule has 38 heavy (non-hydrogen) atoms. The van der Waals surface area contributed by atoms with Gasteiger partial charge in [-0.2, -0.15) is 14.7 Å². The molecule has 3 heterocycles. The summed E-state index contributed by atoms with van der Waals surface area (Å²) in [4.78, 5) is 15.1. The van der Waals surface area contributed by atoms with Gasteiger partial charge in [-0.15, -0.1) is 0 Å². The van der Waals surface area contributed by atoms with Crippen molar-refractivity contribution in [1.82, 2.24) is 19.0 Å². The summed E-state index contributed by atoms with van der Waals surface area (Å²) in [7, 11) is -3.64. The molecular formula is C29H31N5O3S. The normalized spacial score (nSPS) is 17.2. The highest BCUT2D eigenvalue weighted by Gasteiger charge is 2.27. The smallest absolute Gasteiger partial charge is 0.264 e. The van der Waals surface area contributed by atoms with Crippen LogP contribution in [0.25, 0.3) is 23.0 Å². The number of nitrogens with zero attached hydrogens (tertiary/aromatic N) is 5. The van der Waals surface area contributed by atoms with Gasteiger partial charge in [-0.25, -0.2) is 13.1 Å². The molecule has 0 radical (unpaired) electrons. The Hall–Kier alpha value is -3.74. The molecule has 1 amide bonds. The minimum atomic E-state index is -3.64. The van der Waals surface area contributed by atoms with Crippen molar-refractivity contribution in [2.45, 2.75) is 43.4 Å². The molecule has 9 heteroatoms. The van der Waals surface area contributed by atoms with Crippen LogP contribution in [0, 0.1) is 11.3 Å². The van der Waals surface area contributed by atoms with E-state index in [0.717, 1.165) is 44.2 Å². The average Bonchev–Trinajstić information content (AvgIpc) is 3.41. The van der Waals surface area contributed by atoms with Gasteiger partial charge in [0.15, 0.2) is 0 Å². The number of aromatic nitrogens is 2. The lowest BCUT2D eigenvalue weighted by Crippen LogP contribution is -2.36. The van der Waals surface area contributed by atoms with Crippen LogP contribution in [-0.4, -0.2) is 59.5 Å². The molecule has 5 rings (SSSR count). The molecular weight excluding hydrogens is 498 g/mol. The topological polar surface area (TPSA) is 99.3 Å². The Morgan fingerprint density at radius 2 is 1.58 bits per heavy atom. The van der Waals surface area contributed by atoms with Crippen LogP contribution in [-0.2, 0) is 14.8 Å². The minimum absolute atomic E-state index is 0.0397. The van der Waals surface area contributed by atoms with E-state index in [1.54, 1.807) is 44.4 Å². The predicted molar refractivity (Wildman–Crippen MR) is 146 cm³/mol. The zero-order chi connectivity index (χ0) is 26.5. The number of carbonyl (C=O) groups excluding carboxylic acids is 1. The summed E-state index contributed by atoms with van der Waals surface area (Å²) in [6.07, 6.45) is 9.05. The number of nitriles is 1. The summed E-state index contributed by atoms with van der Waals surface area (Å²) in [5, 5.41) is 14.7. The highest BCUT2D eigenvalue weighted by Crippen LogP contribution is 2.30. The van der Waals surface area contributed by atoms with Gasteiger partial charge in [0.25, 0.3) is 5.91 Å². The van der Waals surface area contributed by atoms with Gasteiger partial charge >= 0.3 is 0 Å². The van der Waals surface area contributed by atoms with Gasteiger partial charge < -0.3 is 4.90 Å². The summed E-state index contributed by atoms with van der Waals surface area (Å²) in [6, 6.07) is 18.4. The fourth-order valence-corrected chi connectivity index (χ4v) is 6.62. The van der Waals surface area contributed by atoms with Crippen LogP contribution < -0.4 is 0 Å². The Morgan fingerprint density at radius 3 is 2.26 bits per heavy atom. The molecule has 8 nitrogen and oxygen atoms in total. The SMILES string of the molecule is N#C/C(=C/c1cn(-c2ccccc2)nc1-c1cccc(S(=O)(=O)N2CCCCC2)c1)C(=O)N1CCCCC1. The molecule has 0 N–H and O–H groups in total. The van der Waals surface area contributed by atoms with Gasteiger partial charge in [0.2, 0.25) is 10.0 Å². The second-order valence-corrected chi connectivity index (χ2v) is 11.7. The lowest BCUT2D eigenvalue weighted by molar-refractivity contribution is -0.127. The first-order chi connectivity index (χ1) is 18.5. The molecule has 3 aromatic rings. The zero-order valence-electron chi connectivity index (χ0n) is 21.3. The quantitative estimate of drug-likeness (QED) is 0.342. The number of hydrogen-bond acceptors (Lipinski definition) is 5. The monoisotopic (exact) mass is 529 g/mol. The van der Waals surface area contributed by atoms with E-state index in [4.69, 9.17) is 5.10 Å². The molecule has 2 aliphatic rings. The Morgan fingerprint density at radius 1 is 0.895 bits per heavy atom. The average molecular weight is 530 g/mol. The molecule has 2 fully saturated rings. The van der Waals surface area contributed by atoms with Crippen molar-refractivity contribution in [3.8, 4) is 23.0 Å². The lowest BCUT2D eigenvalue weighted by Gasteiger charge is -2.26. The summed E-state index contributed by atoms with van der Waals surface area (Å²) in [5.41, 5.74) is 2.53. The second kappa shape index (κ2) is 11.3. The molecule has 0 spiro atoms. The Balaban J connectivity index is 1.57. The first-order valence-corrected chi connectivity index (χ1v) is 14.6. The van der Waals surface area contributed by atoms with Gasteiger partial charge in [0.1, 0.15) is 17.3 Å². The molecule has 0 saturated carbocycles. The van der Waals surface area contributed by atoms with Crippen LogP contribution >= 0.6 is 0 Å². The predicted octanol–water partition coefficient (Wildman–Crippen LogP) is 4.63. The van der Waals surface area contributed by atoms with Crippen LogP contribution in [0.2, 0.25) is 0 Å². The second-order valence-electron chi connectivity index (χ2n) is 9.73. The third-order valence-corrected chi connectivity index (χ3v) is 9.01. The Bertz CT molecular complexity index is 1480. The van der Waals surface area contributed by atoms with Crippen LogP contribution in [0.15, 0.2) is 71.3 Å². The first kappa shape index (κ1) is 25.9. The van der Waals surface area contributed by atoms with E-state index in [-0.39, 0.29) is 16.4 Å². The van der Waals surface area contributed by atoms with Crippen molar-refractivity contribution in [2.24, 2.45) is 0 Å². The molecule has 0 unspecified atom stereocenters. The minimum Gasteiger partial charge on any atom is -0.338 e. The molecule has 196 valence electrons. The maximum Gasteiger partial charge on any atom is 0.264 e. The molecule has 2 saturated heterocycles. The van der Waals surface area contributed by atoms with Crippen molar-refractivity contribution in [1.29, 1.82) is 5.26 Å². The summed E-state index contributed by atoms with van der Waals surface area (Å²) in [6.45, 7) is 2.33. The highest BCUT2D eigenvalue weighted by molar-refractivity contribution is 7.89. The number of amides is 1. The zero-order valence-corrected chi connectivity index (χ0v) is 22.1. The fourth-order valence-electron chi connectivity index (χ4n) is 5.05. The number of rotatable bonds is 6. The molecule has 0 bridgehead atoms. The highest BCUT2D eigenvalue weighted by atomic mass is 32.2. The van der Waals surface area contributed by atoms with Gasteiger partial charge in [0.05, 0.1) is 10.6 Å². The number of hydrogen-bond donors (Lipinski definition) is 0. The fraction of sp³-hybridized carbons (Fsp3) is 0.345. The summed E-state index contributed by atoms with van der Waals surface area (Å²) < 4.78 is 30.0. The van der Waals surface area contributed by atoms with E-state index >= 15 is 0 Å². The first-order valence-electron chi connectivity index (χ1n) is 13.1. The van der Waals surface area contributed by atoms with Gasteiger partial charge in [-0.05, 0) is 62.4 Å². The van der Waals surface area contributed by atoms with Crippen molar-refractivity contribution < 1.29 is 13.2 Å². The third-order valence-electron chi connectivity index (χ3n) is 7.12. The number of para-hydroxylation sites is 1. The van der Waals surface area contributed by atoms with E-state index in [0.29, 0.717) is 43.0 Å². The number of likely N-dealkylation sites (tertiary alicyclic amines) is 1. The van der Waals surface area contributed by atoms with Crippen molar-refractivity contribution in [2.75, 3.05) is 26.2 Å². The van der Waals surface area contributed by atoms with E-state index in [9.17, 15) is 18.5 Å². The van der Waals surface area contributed by atoms with E-state index in [2.05, 4.69) is 6.07 Å². The number of sulfonamides is 1. The lowest BCUT2D eigenvalue weighted by atomic mass is 10.0. The number of benzene rings is 2. The van der Waals surface area contributed by atoms with E-state index in [1.807, 2.05) is 36.4 Å². The van der Waals surface area contributed by atoms with Crippen molar-refractivity contribution >= 4 is 22.0 Å². The third kappa shape index (κ3) is 5.42. The van der Waals surface area contributed by atoms with E-state index in [1.165, 1.54) is 0 Å². The van der Waals surface area contributed by atoms with Crippen LogP contribution in [0.5, 0.6) is 0 Å². The number of carbonyl (C=O) groups is 1. The van der Waals surface area contributed by atoms with Crippen molar-refractivity contribution in [3.05, 3.63) is 71.9 Å². The molecule has 0 atom stereocenters. The number of piperidine rings is 2. The largest absolute Gasteiger partial charge is 0.338 e. The molecule has 2 aromatic carbocycles. The summed E-state index contributed by atoms with van der Waals surface area (Å²) in [5.74, 6) is -0.285. The van der Waals surface area contributed by atoms with Gasteiger partial charge in [0, 0.05) is 43.5 Å².